The molecule has 0 bridgehead atoms. The van der Waals surface area contributed by atoms with Gasteiger partial charge in [0.15, 0.2) is 6.61 Å². The van der Waals surface area contributed by atoms with Crippen molar-refractivity contribution in [1.29, 1.82) is 0 Å². The van der Waals surface area contributed by atoms with E-state index in [0.717, 1.165) is 5.56 Å². The van der Waals surface area contributed by atoms with Crippen LogP contribution in [0.1, 0.15) is 28.9 Å². The van der Waals surface area contributed by atoms with E-state index in [4.69, 9.17) is 16.3 Å². The molecule has 2 aromatic rings. The summed E-state index contributed by atoms with van der Waals surface area (Å²) in [4.78, 5) is 23.8. The van der Waals surface area contributed by atoms with Crippen LogP contribution in [-0.4, -0.2) is 18.5 Å². The molecule has 4 nitrogen and oxygen atoms in total. The van der Waals surface area contributed by atoms with Crippen LogP contribution in [0.25, 0.3) is 0 Å². The molecule has 0 heterocycles. The predicted molar refractivity (Wildman–Crippen MR) is 92.4 cm³/mol. The van der Waals surface area contributed by atoms with Gasteiger partial charge in [0.1, 0.15) is 0 Å². The highest BCUT2D eigenvalue weighted by Gasteiger charge is 2.14. The first-order chi connectivity index (χ1) is 11.0. The molecule has 0 aliphatic heterocycles. The van der Waals surface area contributed by atoms with Crippen LogP contribution in [0.2, 0.25) is 5.02 Å². The third-order valence-corrected chi connectivity index (χ3v) is 4.08. The van der Waals surface area contributed by atoms with Crippen molar-refractivity contribution in [3.8, 4) is 0 Å². The van der Waals surface area contributed by atoms with Gasteiger partial charge in [-0.2, -0.15) is 0 Å². The maximum Gasteiger partial charge on any atom is 0.339 e. The SMILES string of the molecule is C[C@H](NC(=O)COC(=O)c1ccccc1Br)c1cccc(Cl)c1. The normalized spacial score (nSPS) is 11.6. The summed E-state index contributed by atoms with van der Waals surface area (Å²) < 4.78 is 5.65. The number of amides is 1. The van der Waals surface area contributed by atoms with Crippen LogP contribution in [0.15, 0.2) is 53.0 Å². The first kappa shape index (κ1) is 17.5. The molecule has 23 heavy (non-hydrogen) atoms. The first-order valence-electron chi connectivity index (χ1n) is 6.94. The molecular weight excluding hydrogens is 382 g/mol. The maximum atomic E-state index is 11.9. The van der Waals surface area contributed by atoms with Crippen molar-refractivity contribution < 1.29 is 14.3 Å². The van der Waals surface area contributed by atoms with Crippen LogP contribution in [0.5, 0.6) is 0 Å². The molecule has 1 atom stereocenters. The summed E-state index contributed by atoms with van der Waals surface area (Å²) in [5.41, 5.74) is 1.26. The zero-order chi connectivity index (χ0) is 16.8. The molecular formula is C17H15BrClNO3. The van der Waals surface area contributed by atoms with Gasteiger partial charge < -0.3 is 10.1 Å². The zero-order valence-corrected chi connectivity index (χ0v) is 14.7. The molecule has 0 aromatic heterocycles. The van der Waals surface area contributed by atoms with Gasteiger partial charge in [-0.3, -0.25) is 4.79 Å². The fraction of sp³-hybridized carbons (Fsp3) is 0.176. The Balaban J connectivity index is 1.88. The highest BCUT2D eigenvalue weighted by Crippen LogP contribution is 2.18. The van der Waals surface area contributed by atoms with Crippen LogP contribution in [-0.2, 0) is 9.53 Å². The molecule has 0 fully saturated rings. The number of carbonyl (C=O) groups is 2. The van der Waals surface area contributed by atoms with E-state index in [9.17, 15) is 9.59 Å². The molecule has 0 saturated heterocycles. The van der Waals surface area contributed by atoms with E-state index in [1.165, 1.54) is 0 Å². The van der Waals surface area contributed by atoms with Crippen molar-refractivity contribution in [1.82, 2.24) is 5.32 Å². The standard InChI is InChI=1S/C17H15BrClNO3/c1-11(12-5-4-6-13(19)9-12)20-16(21)10-23-17(22)14-7-2-3-8-15(14)18/h2-9,11H,10H2,1H3,(H,20,21)/t11-/m0/s1. The van der Waals surface area contributed by atoms with Crippen molar-refractivity contribution in [2.45, 2.75) is 13.0 Å². The Hall–Kier alpha value is -1.85. The van der Waals surface area contributed by atoms with Crippen molar-refractivity contribution >= 4 is 39.4 Å². The minimum absolute atomic E-state index is 0.233. The lowest BCUT2D eigenvalue weighted by atomic mass is 10.1. The Morgan fingerprint density at radius 2 is 1.96 bits per heavy atom. The van der Waals surface area contributed by atoms with Crippen molar-refractivity contribution in [3.63, 3.8) is 0 Å². The topological polar surface area (TPSA) is 55.4 Å². The highest BCUT2D eigenvalue weighted by atomic mass is 79.9. The van der Waals surface area contributed by atoms with Gasteiger partial charge in [-0.15, -0.1) is 0 Å². The molecule has 120 valence electrons. The number of esters is 1. The van der Waals surface area contributed by atoms with Gasteiger partial charge in [0.05, 0.1) is 11.6 Å². The summed E-state index contributed by atoms with van der Waals surface area (Å²) >= 11 is 9.19. The van der Waals surface area contributed by atoms with Crippen molar-refractivity contribution in [3.05, 3.63) is 69.2 Å². The summed E-state index contributed by atoms with van der Waals surface area (Å²) in [5.74, 6) is -0.930. The van der Waals surface area contributed by atoms with E-state index < -0.39 is 5.97 Å². The summed E-state index contributed by atoms with van der Waals surface area (Å²) in [6, 6.07) is 13.9. The summed E-state index contributed by atoms with van der Waals surface area (Å²) in [6.45, 7) is 1.49. The molecule has 0 radical (unpaired) electrons. The van der Waals surface area contributed by atoms with E-state index in [1.54, 1.807) is 36.4 Å². The second-order valence-electron chi connectivity index (χ2n) is 4.90. The Morgan fingerprint density at radius 1 is 1.22 bits per heavy atom. The average molecular weight is 397 g/mol. The number of halogens is 2. The number of nitrogens with one attached hydrogen (secondary N) is 1. The van der Waals surface area contributed by atoms with Crippen LogP contribution < -0.4 is 5.32 Å². The Kier molecular flexibility index (Phi) is 6.19. The molecule has 0 saturated carbocycles. The van der Waals surface area contributed by atoms with E-state index in [-0.39, 0.29) is 18.6 Å². The first-order valence-corrected chi connectivity index (χ1v) is 8.11. The Labute approximate surface area is 147 Å². The number of hydrogen-bond donors (Lipinski definition) is 1. The molecule has 0 unspecified atom stereocenters. The quantitative estimate of drug-likeness (QED) is 0.773. The minimum atomic E-state index is -0.553. The van der Waals surface area contributed by atoms with Crippen molar-refractivity contribution in [2.24, 2.45) is 0 Å². The number of hydrogen-bond acceptors (Lipinski definition) is 3. The van der Waals surface area contributed by atoms with Crippen molar-refractivity contribution in [2.75, 3.05) is 6.61 Å². The maximum absolute atomic E-state index is 11.9. The summed E-state index contributed by atoms with van der Waals surface area (Å²) in [7, 11) is 0. The van der Waals surface area contributed by atoms with Gasteiger partial charge >= 0.3 is 5.97 Å². The molecule has 2 aromatic carbocycles. The van der Waals surface area contributed by atoms with Crippen LogP contribution >= 0.6 is 27.5 Å². The van der Waals surface area contributed by atoms with Crippen LogP contribution in [0, 0.1) is 0 Å². The number of benzene rings is 2. The van der Waals surface area contributed by atoms with Gasteiger partial charge in [-0.25, -0.2) is 4.79 Å². The van der Waals surface area contributed by atoms with E-state index in [2.05, 4.69) is 21.2 Å². The van der Waals surface area contributed by atoms with Gasteiger partial charge in [0.2, 0.25) is 0 Å². The molecule has 0 aliphatic carbocycles. The molecule has 6 heteroatoms. The van der Waals surface area contributed by atoms with Gasteiger partial charge in [-0.05, 0) is 52.7 Å². The Bertz CT molecular complexity index is 720. The van der Waals surface area contributed by atoms with Gasteiger partial charge in [0.25, 0.3) is 5.91 Å². The lowest BCUT2D eigenvalue weighted by molar-refractivity contribution is -0.124. The van der Waals surface area contributed by atoms with Gasteiger partial charge in [0, 0.05) is 9.50 Å². The largest absolute Gasteiger partial charge is 0.452 e. The van der Waals surface area contributed by atoms with Crippen LogP contribution in [0.3, 0.4) is 0 Å². The minimum Gasteiger partial charge on any atom is -0.452 e. The monoisotopic (exact) mass is 395 g/mol. The van der Waals surface area contributed by atoms with Crippen LogP contribution in [0.4, 0.5) is 0 Å². The van der Waals surface area contributed by atoms with E-state index in [0.29, 0.717) is 15.1 Å². The van der Waals surface area contributed by atoms with E-state index in [1.807, 2.05) is 19.1 Å². The number of rotatable bonds is 5. The fourth-order valence-electron chi connectivity index (χ4n) is 1.98. The summed E-state index contributed by atoms with van der Waals surface area (Å²) in [5, 5.41) is 3.36. The van der Waals surface area contributed by atoms with E-state index >= 15 is 0 Å². The fourth-order valence-corrected chi connectivity index (χ4v) is 2.62. The second-order valence-corrected chi connectivity index (χ2v) is 6.19. The average Bonchev–Trinajstić information content (AvgIpc) is 2.53. The predicted octanol–water partition coefficient (Wildman–Crippen LogP) is 4.14. The highest BCUT2D eigenvalue weighted by molar-refractivity contribution is 9.10. The summed E-state index contributed by atoms with van der Waals surface area (Å²) in [6.07, 6.45) is 0. The number of ether oxygens (including phenoxy) is 1. The third kappa shape index (κ3) is 5.08. The number of carbonyl (C=O) groups excluding carboxylic acids is 2. The molecule has 0 spiro atoms. The molecule has 1 N–H and O–H groups in total. The lowest BCUT2D eigenvalue weighted by Crippen LogP contribution is -2.31. The zero-order valence-electron chi connectivity index (χ0n) is 12.4. The third-order valence-electron chi connectivity index (χ3n) is 3.15. The lowest BCUT2D eigenvalue weighted by Gasteiger charge is -2.14. The molecule has 2 rings (SSSR count). The van der Waals surface area contributed by atoms with Gasteiger partial charge in [-0.1, -0.05) is 35.9 Å². The molecule has 1 amide bonds. The Morgan fingerprint density at radius 3 is 2.65 bits per heavy atom. The second kappa shape index (κ2) is 8.13. The molecule has 0 aliphatic rings. The smallest absolute Gasteiger partial charge is 0.339 e.